The number of aryl methyl sites for hydroxylation is 2. The molecule has 3 amide bonds. The van der Waals surface area contributed by atoms with Gasteiger partial charge in [-0.15, -0.1) is 0 Å². The van der Waals surface area contributed by atoms with Gasteiger partial charge in [-0.2, -0.15) is 4.37 Å². The summed E-state index contributed by atoms with van der Waals surface area (Å²) in [5, 5.41) is 2.90. The van der Waals surface area contributed by atoms with Gasteiger partial charge in [0.15, 0.2) is 5.69 Å². The second kappa shape index (κ2) is 11.3. The van der Waals surface area contributed by atoms with Crippen molar-refractivity contribution in [3.8, 4) is 0 Å². The van der Waals surface area contributed by atoms with Gasteiger partial charge >= 0.3 is 0 Å². The molecule has 0 fully saturated rings. The number of aromatic nitrogens is 1. The highest BCUT2D eigenvalue weighted by molar-refractivity contribution is 7.09. The molecule has 5 N–H and O–H groups in total. The van der Waals surface area contributed by atoms with Crippen LogP contribution < -0.4 is 21.7 Å². The number of nitrogens with one attached hydrogen (secondary N) is 1. The summed E-state index contributed by atoms with van der Waals surface area (Å²) < 4.78 is 17.7. The van der Waals surface area contributed by atoms with Crippen molar-refractivity contribution in [2.24, 2.45) is 11.7 Å². The monoisotopic (exact) mass is 511 g/mol. The van der Waals surface area contributed by atoms with E-state index < -0.39 is 29.6 Å². The Hall–Kier alpha value is -3.79. The lowest BCUT2D eigenvalue weighted by molar-refractivity contribution is -0.122. The van der Waals surface area contributed by atoms with E-state index in [1.54, 1.807) is 12.1 Å². The van der Waals surface area contributed by atoms with Gasteiger partial charge in [-0.05, 0) is 78.7 Å². The molecule has 1 unspecified atom stereocenters. The van der Waals surface area contributed by atoms with Crippen LogP contribution in [0.3, 0.4) is 0 Å². The number of primary amides is 1. The highest BCUT2D eigenvalue weighted by Gasteiger charge is 2.36. The van der Waals surface area contributed by atoms with Gasteiger partial charge in [0.05, 0.1) is 5.69 Å². The Morgan fingerprint density at radius 2 is 1.75 bits per heavy atom. The van der Waals surface area contributed by atoms with E-state index >= 15 is 0 Å². The Labute approximate surface area is 213 Å². The Morgan fingerprint density at radius 3 is 2.31 bits per heavy atom. The molecule has 8 nitrogen and oxygen atoms in total. The third-order valence-corrected chi connectivity index (χ3v) is 6.71. The van der Waals surface area contributed by atoms with Gasteiger partial charge in [0.25, 0.3) is 11.8 Å². The van der Waals surface area contributed by atoms with Crippen LogP contribution in [0.2, 0.25) is 0 Å². The molecule has 0 spiro atoms. The topological polar surface area (TPSA) is 131 Å². The smallest absolute Gasteiger partial charge is 0.273 e. The Balaban J connectivity index is 2.18. The lowest BCUT2D eigenvalue weighted by Gasteiger charge is -2.32. The number of rotatable bonds is 9. The van der Waals surface area contributed by atoms with Crippen molar-refractivity contribution < 1.29 is 18.8 Å². The number of halogens is 1. The van der Waals surface area contributed by atoms with Gasteiger partial charge in [-0.1, -0.05) is 32.0 Å². The van der Waals surface area contributed by atoms with Gasteiger partial charge in [-0.3, -0.25) is 19.3 Å². The third-order valence-electron chi connectivity index (χ3n) is 5.86. The SMILES string of the molecule is Cc1ccc(N(C(=O)c2snc(C(N)=O)c2N)C(C(=O)NCCC(C)C)c2ccc(F)cc2)cc1C. The first-order valence-electron chi connectivity index (χ1n) is 11.5. The van der Waals surface area contributed by atoms with Crippen LogP contribution in [-0.4, -0.2) is 28.6 Å². The van der Waals surface area contributed by atoms with Crippen LogP contribution in [0.15, 0.2) is 42.5 Å². The summed E-state index contributed by atoms with van der Waals surface area (Å²) in [6.07, 6.45) is 0.739. The summed E-state index contributed by atoms with van der Waals surface area (Å²) in [6, 6.07) is 9.61. The van der Waals surface area contributed by atoms with Crippen LogP contribution in [0.1, 0.15) is 63.2 Å². The van der Waals surface area contributed by atoms with Gasteiger partial charge in [0, 0.05) is 12.2 Å². The van der Waals surface area contributed by atoms with Gasteiger partial charge in [0.2, 0.25) is 5.91 Å². The minimum absolute atomic E-state index is 0.0240. The fraction of sp³-hybridized carbons (Fsp3) is 0.308. The molecule has 3 rings (SSSR count). The summed E-state index contributed by atoms with van der Waals surface area (Å²) in [5.74, 6) is -2.04. The van der Waals surface area contributed by atoms with Gasteiger partial charge in [0.1, 0.15) is 16.7 Å². The Morgan fingerprint density at radius 1 is 1.08 bits per heavy atom. The fourth-order valence-electron chi connectivity index (χ4n) is 3.64. The number of nitrogens with two attached hydrogens (primary N) is 2. The first-order valence-corrected chi connectivity index (χ1v) is 12.3. The van der Waals surface area contributed by atoms with E-state index in [1.165, 1.54) is 29.2 Å². The maximum Gasteiger partial charge on any atom is 0.273 e. The lowest BCUT2D eigenvalue weighted by atomic mass is 10.0. The van der Waals surface area contributed by atoms with Gasteiger partial charge in [-0.25, -0.2) is 4.39 Å². The van der Waals surface area contributed by atoms with Crippen molar-refractivity contribution in [2.45, 2.75) is 40.2 Å². The zero-order chi connectivity index (χ0) is 26.6. The van der Waals surface area contributed by atoms with E-state index in [2.05, 4.69) is 9.69 Å². The summed E-state index contributed by atoms with van der Waals surface area (Å²) in [6.45, 7) is 8.30. The molecular formula is C26H30FN5O3S. The summed E-state index contributed by atoms with van der Waals surface area (Å²) >= 11 is 0.733. The largest absolute Gasteiger partial charge is 0.395 e. The average Bonchev–Trinajstić information content (AvgIpc) is 3.21. The molecular weight excluding hydrogens is 481 g/mol. The van der Waals surface area contributed by atoms with Crippen molar-refractivity contribution in [2.75, 3.05) is 17.2 Å². The summed E-state index contributed by atoms with van der Waals surface area (Å²) in [4.78, 5) is 40.6. The minimum Gasteiger partial charge on any atom is -0.395 e. The third kappa shape index (κ3) is 5.88. The number of nitrogens with zero attached hydrogens (tertiary/aromatic N) is 2. The molecule has 190 valence electrons. The number of nitrogen functional groups attached to an aromatic ring is 1. The molecule has 0 aliphatic rings. The van der Waals surface area contributed by atoms with Crippen LogP contribution in [0.25, 0.3) is 0 Å². The van der Waals surface area contributed by atoms with E-state index in [1.807, 2.05) is 33.8 Å². The molecule has 1 heterocycles. The standard InChI is InChI=1S/C26H30FN5O3S/c1-14(2)11-12-30-25(34)22(17-6-8-18(27)9-7-17)32(19-10-5-15(3)16(4)13-19)26(35)23-20(28)21(24(29)33)31-36-23/h5-10,13-14,22H,11-12,28H2,1-4H3,(H2,29,33)(H,30,34). The average molecular weight is 512 g/mol. The second-order valence-corrected chi connectivity index (χ2v) is 9.78. The highest BCUT2D eigenvalue weighted by atomic mass is 32.1. The van der Waals surface area contributed by atoms with Crippen LogP contribution in [0, 0.1) is 25.6 Å². The summed E-state index contributed by atoms with van der Waals surface area (Å²) in [7, 11) is 0. The molecule has 1 atom stereocenters. The van der Waals surface area contributed by atoms with Crippen molar-refractivity contribution >= 4 is 40.6 Å². The Bertz CT molecular complexity index is 1270. The fourth-order valence-corrected chi connectivity index (χ4v) is 4.38. The van der Waals surface area contributed by atoms with Crippen molar-refractivity contribution in [1.29, 1.82) is 0 Å². The van der Waals surface area contributed by atoms with Crippen molar-refractivity contribution in [3.63, 3.8) is 0 Å². The molecule has 0 aliphatic carbocycles. The van der Waals surface area contributed by atoms with E-state index in [0.29, 0.717) is 23.7 Å². The highest BCUT2D eigenvalue weighted by Crippen LogP contribution is 2.34. The number of hydrogen-bond donors (Lipinski definition) is 3. The van der Waals surface area contributed by atoms with E-state index in [-0.39, 0.29) is 16.3 Å². The maximum atomic E-state index is 14.0. The predicted molar refractivity (Wildman–Crippen MR) is 139 cm³/mol. The molecule has 0 saturated carbocycles. The molecule has 0 bridgehead atoms. The quantitative estimate of drug-likeness (QED) is 0.397. The van der Waals surface area contributed by atoms with Crippen LogP contribution in [-0.2, 0) is 4.79 Å². The molecule has 0 saturated heterocycles. The van der Waals surface area contributed by atoms with Gasteiger partial charge < -0.3 is 16.8 Å². The first kappa shape index (κ1) is 26.8. The predicted octanol–water partition coefficient (Wildman–Crippen LogP) is 4.13. The number of benzene rings is 2. The molecule has 3 aromatic rings. The zero-order valence-electron chi connectivity index (χ0n) is 20.7. The number of hydrogen-bond acceptors (Lipinski definition) is 6. The van der Waals surface area contributed by atoms with E-state index in [9.17, 15) is 18.8 Å². The molecule has 0 aliphatic heterocycles. The number of carbonyl (C=O) groups is 3. The molecule has 0 radical (unpaired) electrons. The van der Waals surface area contributed by atoms with Crippen molar-refractivity contribution in [1.82, 2.24) is 9.69 Å². The molecule has 36 heavy (non-hydrogen) atoms. The van der Waals surface area contributed by atoms with E-state index in [0.717, 1.165) is 29.1 Å². The Kier molecular flexibility index (Phi) is 8.41. The molecule has 10 heteroatoms. The molecule has 2 aromatic carbocycles. The second-order valence-electron chi connectivity index (χ2n) is 9.01. The number of anilines is 2. The van der Waals surface area contributed by atoms with Crippen LogP contribution >= 0.6 is 11.5 Å². The van der Waals surface area contributed by atoms with E-state index in [4.69, 9.17) is 11.5 Å². The first-order chi connectivity index (χ1) is 17.0. The minimum atomic E-state index is -1.15. The molecule has 1 aromatic heterocycles. The van der Waals surface area contributed by atoms with Crippen molar-refractivity contribution in [3.05, 3.63) is 75.5 Å². The normalized spacial score (nSPS) is 11.8. The summed E-state index contributed by atoms with van der Waals surface area (Å²) in [5.41, 5.74) is 13.8. The van der Waals surface area contributed by atoms with Crippen LogP contribution in [0.4, 0.5) is 15.8 Å². The van der Waals surface area contributed by atoms with Crippen LogP contribution in [0.5, 0.6) is 0 Å². The number of amides is 3. The zero-order valence-corrected chi connectivity index (χ0v) is 21.5. The lowest BCUT2D eigenvalue weighted by Crippen LogP contribution is -2.44. The maximum absolute atomic E-state index is 14.0. The number of carbonyl (C=O) groups excluding carboxylic acids is 3.